The molecule has 0 aliphatic heterocycles. The molecule has 2 rings (SSSR count). The molecule has 0 aromatic rings. The van der Waals surface area contributed by atoms with E-state index in [-0.39, 0.29) is 6.10 Å². The van der Waals surface area contributed by atoms with Crippen molar-refractivity contribution in [3.63, 3.8) is 0 Å². The Labute approximate surface area is 117 Å². The van der Waals surface area contributed by atoms with Crippen LogP contribution in [0.4, 0.5) is 0 Å². The molecule has 0 heterocycles. The number of hydrogen-bond acceptors (Lipinski definition) is 2. The zero-order chi connectivity index (χ0) is 14.1. The smallest absolute Gasteiger partial charge is 0.0648 e. The number of aliphatic hydroxyl groups excluding tert-OH is 1. The van der Waals surface area contributed by atoms with E-state index in [1.54, 1.807) is 6.08 Å². The summed E-state index contributed by atoms with van der Waals surface area (Å²) in [6, 6.07) is 0. The Hall–Kier alpha value is -0.860. The van der Waals surface area contributed by atoms with E-state index < -0.39 is 0 Å². The topological polar surface area (TPSA) is 29.5 Å². The molecule has 0 saturated heterocycles. The second-order valence-electron chi connectivity index (χ2n) is 5.39. The quantitative estimate of drug-likeness (QED) is 0.764. The van der Waals surface area contributed by atoms with Crippen molar-refractivity contribution < 1.29 is 9.84 Å². The van der Waals surface area contributed by atoms with Gasteiger partial charge in [0.2, 0.25) is 0 Å². The van der Waals surface area contributed by atoms with Crippen LogP contribution in [0.3, 0.4) is 0 Å². The highest BCUT2D eigenvalue weighted by molar-refractivity contribution is 4.90. The van der Waals surface area contributed by atoms with Crippen molar-refractivity contribution in [3.8, 4) is 0 Å². The minimum absolute atomic E-state index is 0.0903. The fourth-order valence-electron chi connectivity index (χ4n) is 2.87. The Morgan fingerprint density at radius 2 is 1.58 bits per heavy atom. The Morgan fingerprint density at radius 3 is 2.05 bits per heavy atom. The molecule has 19 heavy (non-hydrogen) atoms. The van der Waals surface area contributed by atoms with E-state index in [9.17, 15) is 0 Å². The number of ether oxygens (including phenoxy) is 1. The van der Waals surface area contributed by atoms with Crippen LogP contribution in [0.5, 0.6) is 0 Å². The summed E-state index contributed by atoms with van der Waals surface area (Å²) in [5, 5.41) is 9.12. The number of aliphatic hydroxyl groups is 1. The summed E-state index contributed by atoms with van der Waals surface area (Å²) in [5.41, 5.74) is 0. The van der Waals surface area contributed by atoms with Crippen LogP contribution >= 0.6 is 0 Å². The van der Waals surface area contributed by atoms with Gasteiger partial charge in [0.05, 0.1) is 18.8 Å². The first-order valence-electron chi connectivity index (χ1n) is 7.38. The Balaban J connectivity index is 0.000000200. The van der Waals surface area contributed by atoms with Gasteiger partial charge in [0.15, 0.2) is 0 Å². The zero-order valence-corrected chi connectivity index (χ0v) is 12.0. The fourth-order valence-corrected chi connectivity index (χ4v) is 2.87. The first-order chi connectivity index (χ1) is 9.22. The second kappa shape index (κ2) is 9.11. The van der Waals surface area contributed by atoms with Crippen LogP contribution in [0.25, 0.3) is 0 Å². The third-order valence-electron chi connectivity index (χ3n) is 4.07. The van der Waals surface area contributed by atoms with Gasteiger partial charge in [-0.2, -0.15) is 0 Å². The lowest BCUT2D eigenvalue weighted by Gasteiger charge is -2.15. The lowest BCUT2D eigenvalue weighted by atomic mass is 10.1. The lowest BCUT2D eigenvalue weighted by molar-refractivity contribution is 0.0596. The van der Waals surface area contributed by atoms with Crippen molar-refractivity contribution in [2.45, 2.75) is 50.7 Å². The standard InChI is InChI=1S/C10H16O.C7H12O/c1-3-8-11-10-7-5-6-9(10)4-2;1-2-6-4-3-5-7(6)8/h3-4,9-10H,1-2,5-8H2;2,6-8H,1,3-5H2/t9-,10-;6-,7-/m00/s1. The zero-order valence-electron chi connectivity index (χ0n) is 12.0. The van der Waals surface area contributed by atoms with Crippen molar-refractivity contribution in [3.05, 3.63) is 38.0 Å². The first-order valence-corrected chi connectivity index (χ1v) is 7.38. The molecule has 1 N–H and O–H groups in total. The van der Waals surface area contributed by atoms with Crippen LogP contribution < -0.4 is 0 Å². The number of hydrogen-bond donors (Lipinski definition) is 1. The summed E-state index contributed by atoms with van der Waals surface area (Å²) in [6.45, 7) is 11.7. The van der Waals surface area contributed by atoms with Gasteiger partial charge in [-0.1, -0.05) is 31.1 Å². The van der Waals surface area contributed by atoms with Gasteiger partial charge in [0.25, 0.3) is 0 Å². The maximum Gasteiger partial charge on any atom is 0.0648 e. The minimum Gasteiger partial charge on any atom is -0.393 e. The predicted molar refractivity (Wildman–Crippen MR) is 81.0 cm³/mol. The molecule has 2 heteroatoms. The molecular weight excluding hydrogens is 236 g/mol. The summed E-state index contributed by atoms with van der Waals surface area (Å²) >= 11 is 0. The molecule has 2 aliphatic rings. The molecule has 0 spiro atoms. The largest absolute Gasteiger partial charge is 0.393 e. The van der Waals surface area contributed by atoms with Crippen molar-refractivity contribution in [1.29, 1.82) is 0 Å². The van der Waals surface area contributed by atoms with Crippen LogP contribution in [-0.4, -0.2) is 23.9 Å². The molecule has 0 unspecified atom stereocenters. The summed E-state index contributed by atoms with van der Waals surface area (Å²) in [7, 11) is 0. The summed E-state index contributed by atoms with van der Waals surface area (Å²) in [5.74, 6) is 0.963. The highest BCUT2D eigenvalue weighted by atomic mass is 16.5. The predicted octanol–water partition coefficient (Wildman–Crippen LogP) is 3.88. The minimum atomic E-state index is -0.0903. The van der Waals surface area contributed by atoms with Crippen molar-refractivity contribution >= 4 is 0 Å². The first kappa shape index (κ1) is 16.2. The Morgan fingerprint density at radius 1 is 0.947 bits per heavy atom. The van der Waals surface area contributed by atoms with Gasteiger partial charge in [0, 0.05) is 11.8 Å². The highest BCUT2D eigenvalue weighted by Gasteiger charge is 2.24. The summed E-state index contributed by atoms with van der Waals surface area (Å²) in [4.78, 5) is 0. The van der Waals surface area contributed by atoms with E-state index in [0.29, 0.717) is 24.5 Å². The second-order valence-corrected chi connectivity index (χ2v) is 5.39. The van der Waals surface area contributed by atoms with E-state index in [1.807, 2.05) is 12.2 Å². The van der Waals surface area contributed by atoms with E-state index in [4.69, 9.17) is 9.84 Å². The Kier molecular flexibility index (Phi) is 7.76. The molecule has 0 radical (unpaired) electrons. The van der Waals surface area contributed by atoms with E-state index in [1.165, 1.54) is 19.3 Å². The molecule has 0 bridgehead atoms. The molecule has 0 amide bonds. The normalized spacial score (nSPS) is 33.3. The molecule has 4 atom stereocenters. The molecule has 2 saturated carbocycles. The molecule has 108 valence electrons. The van der Waals surface area contributed by atoms with Gasteiger partial charge in [-0.3, -0.25) is 0 Å². The van der Waals surface area contributed by atoms with Crippen LogP contribution in [0.15, 0.2) is 38.0 Å². The molecular formula is C17H28O2. The van der Waals surface area contributed by atoms with Crippen LogP contribution in [0, 0.1) is 11.8 Å². The van der Waals surface area contributed by atoms with E-state index in [0.717, 1.165) is 19.3 Å². The third kappa shape index (κ3) is 5.33. The van der Waals surface area contributed by atoms with Gasteiger partial charge in [-0.15, -0.1) is 19.7 Å². The van der Waals surface area contributed by atoms with Gasteiger partial charge in [-0.05, 0) is 25.7 Å². The summed E-state index contributed by atoms with van der Waals surface area (Å²) in [6.07, 6.45) is 13.0. The molecule has 0 aromatic carbocycles. The molecule has 2 fully saturated rings. The van der Waals surface area contributed by atoms with E-state index >= 15 is 0 Å². The molecule has 2 nitrogen and oxygen atoms in total. The fraction of sp³-hybridized carbons (Fsp3) is 0.647. The van der Waals surface area contributed by atoms with Crippen molar-refractivity contribution in [1.82, 2.24) is 0 Å². The van der Waals surface area contributed by atoms with Crippen LogP contribution in [0.1, 0.15) is 38.5 Å². The lowest BCUT2D eigenvalue weighted by Crippen LogP contribution is -2.16. The van der Waals surface area contributed by atoms with Gasteiger partial charge < -0.3 is 9.84 Å². The average Bonchev–Trinajstić information content (AvgIpc) is 3.05. The third-order valence-corrected chi connectivity index (χ3v) is 4.07. The van der Waals surface area contributed by atoms with Crippen molar-refractivity contribution in [2.24, 2.45) is 11.8 Å². The summed E-state index contributed by atoms with van der Waals surface area (Å²) < 4.78 is 5.57. The van der Waals surface area contributed by atoms with Crippen molar-refractivity contribution in [2.75, 3.05) is 6.61 Å². The van der Waals surface area contributed by atoms with Gasteiger partial charge >= 0.3 is 0 Å². The van der Waals surface area contributed by atoms with Gasteiger partial charge in [-0.25, -0.2) is 0 Å². The van der Waals surface area contributed by atoms with Crippen LogP contribution in [-0.2, 0) is 4.74 Å². The number of rotatable bonds is 5. The van der Waals surface area contributed by atoms with Gasteiger partial charge in [0.1, 0.15) is 0 Å². The molecule has 2 aliphatic carbocycles. The van der Waals surface area contributed by atoms with Crippen LogP contribution in [0.2, 0.25) is 0 Å². The maximum atomic E-state index is 9.12. The molecule has 0 aromatic heterocycles. The Bertz CT molecular complexity index is 285. The maximum absolute atomic E-state index is 9.12. The monoisotopic (exact) mass is 264 g/mol. The average molecular weight is 264 g/mol. The highest BCUT2D eigenvalue weighted by Crippen LogP contribution is 2.28. The SMILES string of the molecule is C=CCO[C@H]1CCC[C@@H]1C=C.C=C[C@H]1CCC[C@@H]1O. The van der Waals surface area contributed by atoms with E-state index in [2.05, 4.69) is 19.7 Å².